The van der Waals surface area contributed by atoms with E-state index in [1.807, 2.05) is 0 Å². The fraction of sp³-hybridized carbons (Fsp3) is 1.00. The first-order valence-electron chi connectivity index (χ1n) is 3.41. The highest BCUT2D eigenvalue weighted by Crippen LogP contribution is 2.49. The first-order valence-corrected chi connectivity index (χ1v) is 4.05. The van der Waals surface area contributed by atoms with Gasteiger partial charge < -0.3 is 0 Å². The lowest BCUT2D eigenvalue weighted by atomic mass is 9.99. The third-order valence-corrected chi connectivity index (χ3v) is 2.22. The van der Waals surface area contributed by atoms with Gasteiger partial charge in [0.1, 0.15) is 0 Å². The van der Waals surface area contributed by atoms with Crippen molar-refractivity contribution < 1.29 is 30.7 Å². The van der Waals surface area contributed by atoms with Crippen molar-refractivity contribution in [2.75, 3.05) is 5.75 Å². The molecule has 0 saturated carbocycles. The maximum absolute atomic E-state index is 12.6. The first kappa shape index (κ1) is 13.9. The summed E-state index contributed by atoms with van der Waals surface area (Å²) in [5.41, 5.74) is 0. The molecule has 0 aliphatic carbocycles. The van der Waals surface area contributed by atoms with E-state index < -0.39 is 29.7 Å². The van der Waals surface area contributed by atoms with Crippen molar-refractivity contribution >= 4 is 12.6 Å². The molecule has 0 rings (SSSR count). The van der Waals surface area contributed by atoms with Gasteiger partial charge in [-0.3, -0.25) is 0 Å². The SMILES string of the molecule is CC(CS)C(F)(F)C(F)(F)C(F)(F)F. The molecular weight excluding hydrogens is 237 g/mol. The average Bonchev–Trinajstić information content (AvgIpc) is 2.00. The fourth-order valence-electron chi connectivity index (χ4n) is 0.613. The van der Waals surface area contributed by atoms with Gasteiger partial charge in [0.2, 0.25) is 0 Å². The smallest absolute Gasteiger partial charge is 0.199 e. The van der Waals surface area contributed by atoms with Gasteiger partial charge in [0.05, 0.1) is 0 Å². The molecule has 0 nitrogen and oxygen atoms in total. The zero-order chi connectivity index (χ0) is 11.8. The quantitative estimate of drug-likeness (QED) is 0.571. The molecule has 0 aromatic carbocycles. The highest BCUT2D eigenvalue weighted by Gasteiger charge is 2.74. The Morgan fingerprint density at radius 1 is 1.00 bits per heavy atom. The summed E-state index contributed by atoms with van der Waals surface area (Å²) in [5, 5.41) is 0. The molecule has 1 unspecified atom stereocenters. The second kappa shape index (κ2) is 3.79. The van der Waals surface area contributed by atoms with Crippen LogP contribution in [0.15, 0.2) is 0 Å². The molecule has 0 bridgehead atoms. The van der Waals surface area contributed by atoms with Crippen LogP contribution >= 0.6 is 12.6 Å². The molecule has 0 saturated heterocycles. The molecule has 0 spiro atoms. The maximum atomic E-state index is 12.6. The van der Waals surface area contributed by atoms with Crippen LogP contribution in [0.4, 0.5) is 30.7 Å². The van der Waals surface area contributed by atoms with E-state index in [2.05, 4.69) is 12.6 Å². The minimum atomic E-state index is -6.26. The normalized spacial score (nSPS) is 16.9. The summed E-state index contributed by atoms with van der Waals surface area (Å²) in [6.45, 7) is 0.576. The predicted molar refractivity (Wildman–Crippen MR) is 39.0 cm³/mol. The number of hydrogen-bond donors (Lipinski definition) is 1. The van der Waals surface area contributed by atoms with E-state index in [0.717, 1.165) is 0 Å². The summed E-state index contributed by atoms with van der Waals surface area (Å²) in [5.74, 6) is -14.1. The van der Waals surface area contributed by atoms with E-state index >= 15 is 0 Å². The lowest BCUT2D eigenvalue weighted by molar-refractivity contribution is -0.363. The highest BCUT2D eigenvalue weighted by atomic mass is 32.1. The van der Waals surface area contributed by atoms with Gasteiger partial charge in [-0.1, -0.05) is 6.92 Å². The molecule has 8 heteroatoms. The monoisotopic (exact) mass is 244 g/mol. The van der Waals surface area contributed by atoms with E-state index in [1.54, 1.807) is 0 Å². The molecule has 86 valence electrons. The average molecular weight is 244 g/mol. The van der Waals surface area contributed by atoms with Crippen molar-refractivity contribution in [3.63, 3.8) is 0 Å². The predicted octanol–water partition coefficient (Wildman–Crippen LogP) is 3.39. The van der Waals surface area contributed by atoms with Gasteiger partial charge in [0, 0.05) is 5.92 Å². The van der Waals surface area contributed by atoms with Crippen LogP contribution < -0.4 is 0 Å². The zero-order valence-electron chi connectivity index (χ0n) is 6.88. The molecule has 0 aliphatic rings. The zero-order valence-corrected chi connectivity index (χ0v) is 7.77. The van der Waals surface area contributed by atoms with Crippen molar-refractivity contribution in [1.29, 1.82) is 0 Å². The number of halogens is 7. The van der Waals surface area contributed by atoms with E-state index in [-0.39, 0.29) is 0 Å². The van der Waals surface area contributed by atoms with E-state index in [0.29, 0.717) is 6.92 Å². The van der Waals surface area contributed by atoms with Gasteiger partial charge in [0.15, 0.2) is 0 Å². The van der Waals surface area contributed by atoms with Crippen LogP contribution in [0.2, 0.25) is 0 Å². The molecular formula is C6H7F7S. The molecule has 1 atom stereocenters. The Morgan fingerprint density at radius 3 is 1.57 bits per heavy atom. The third-order valence-electron chi connectivity index (χ3n) is 1.67. The van der Waals surface area contributed by atoms with Crippen LogP contribution in [0, 0.1) is 5.92 Å². The number of alkyl halides is 7. The summed E-state index contributed by atoms with van der Waals surface area (Å²) in [4.78, 5) is 0. The Bertz CT molecular complexity index is 197. The lowest BCUT2D eigenvalue weighted by Gasteiger charge is -2.31. The topological polar surface area (TPSA) is 0 Å². The Kier molecular flexibility index (Phi) is 3.75. The van der Waals surface area contributed by atoms with Crippen molar-refractivity contribution in [3.8, 4) is 0 Å². The van der Waals surface area contributed by atoms with Gasteiger partial charge >= 0.3 is 18.0 Å². The molecule has 0 amide bonds. The van der Waals surface area contributed by atoms with Gasteiger partial charge in [-0.2, -0.15) is 43.4 Å². The molecule has 0 aromatic rings. The Labute approximate surface area is 80.9 Å². The van der Waals surface area contributed by atoms with Crippen LogP contribution in [0.1, 0.15) is 6.92 Å². The maximum Gasteiger partial charge on any atom is 0.459 e. The van der Waals surface area contributed by atoms with Crippen LogP contribution in [-0.2, 0) is 0 Å². The van der Waals surface area contributed by atoms with Gasteiger partial charge in [0.25, 0.3) is 0 Å². The molecule has 0 fully saturated rings. The van der Waals surface area contributed by atoms with E-state index in [9.17, 15) is 30.7 Å². The minimum absolute atomic E-state index is 0.576. The largest absolute Gasteiger partial charge is 0.459 e. The molecule has 0 radical (unpaired) electrons. The van der Waals surface area contributed by atoms with Crippen molar-refractivity contribution in [2.45, 2.75) is 24.9 Å². The van der Waals surface area contributed by atoms with E-state index in [1.165, 1.54) is 0 Å². The molecule has 0 N–H and O–H groups in total. The first-order chi connectivity index (χ1) is 5.98. The number of thiol groups is 1. The van der Waals surface area contributed by atoms with Crippen LogP contribution in [0.5, 0.6) is 0 Å². The minimum Gasteiger partial charge on any atom is -0.199 e. The van der Waals surface area contributed by atoms with Gasteiger partial charge in [-0.15, -0.1) is 0 Å². The summed E-state index contributed by atoms with van der Waals surface area (Å²) in [6, 6.07) is 0. The van der Waals surface area contributed by atoms with Crippen molar-refractivity contribution in [3.05, 3.63) is 0 Å². The Morgan fingerprint density at radius 2 is 1.36 bits per heavy atom. The third kappa shape index (κ3) is 2.09. The van der Waals surface area contributed by atoms with Crippen LogP contribution in [-0.4, -0.2) is 23.8 Å². The van der Waals surface area contributed by atoms with Crippen LogP contribution in [0.3, 0.4) is 0 Å². The second-order valence-corrected chi connectivity index (χ2v) is 3.14. The summed E-state index contributed by atoms with van der Waals surface area (Å²) < 4.78 is 84.3. The standard InChI is InChI=1S/C6H7F7S/c1-3(2-14)4(7,8)5(9,10)6(11,12)13/h3,14H,2H2,1H3. The van der Waals surface area contributed by atoms with Crippen molar-refractivity contribution in [1.82, 2.24) is 0 Å². The summed E-state index contributed by atoms with van der Waals surface area (Å²) >= 11 is 3.26. The molecule has 0 aromatic heterocycles. The highest BCUT2D eigenvalue weighted by molar-refractivity contribution is 7.80. The Balaban J connectivity index is 5.07. The second-order valence-electron chi connectivity index (χ2n) is 2.78. The molecule has 0 heterocycles. The Hall–Kier alpha value is -0.140. The van der Waals surface area contributed by atoms with Crippen LogP contribution in [0.25, 0.3) is 0 Å². The summed E-state index contributed by atoms with van der Waals surface area (Å²) in [7, 11) is 0. The summed E-state index contributed by atoms with van der Waals surface area (Å²) in [6.07, 6.45) is -6.26. The lowest BCUT2D eigenvalue weighted by Crippen LogP contribution is -2.55. The van der Waals surface area contributed by atoms with Crippen molar-refractivity contribution in [2.24, 2.45) is 5.92 Å². The number of hydrogen-bond acceptors (Lipinski definition) is 1. The van der Waals surface area contributed by atoms with Gasteiger partial charge in [-0.05, 0) is 5.75 Å². The van der Waals surface area contributed by atoms with E-state index in [4.69, 9.17) is 0 Å². The molecule has 0 aliphatic heterocycles. The fourth-order valence-corrected chi connectivity index (χ4v) is 0.842. The number of rotatable bonds is 3. The van der Waals surface area contributed by atoms with Gasteiger partial charge in [-0.25, -0.2) is 0 Å². The molecule has 14 heavy (non-hydrogen) atoms.